The summed E-state index contributed by atoms with van der Waals surface area (Å²) in [6, 6.07) is 5.70. The quantitative estimate of drug-likeness (QED) is 0.589. The molecule has 0 saturated carbocycles. The summed E-state index contributed by atoms with van der Waals surface area (Å²) in [6.07, 6.45) is 1.50. The van der Waals surface area contributed by atoms with Gasteiger partial charge in [0.2, 0.25) is 0 Å². The fourth-order valence-corrected chi connectivity index (χ4v) is 2.40. The SMILES string of the molecule is CN(C)/C=N\c1cc(C#N)nn1-c1c(Cl)cc(OC(F)F)cc1Cl. The van der Waals surface area contributed by atoms with Crippen molar-refractivity contribution in [3.63, 3.8) is 0 Å². The number of ether oxygens (including phenoxy) is 1. The van der Waals surface area contributed by atoms with Gasteiger partial charge in [-0.25, -0.2) is 9.67 Å². The lowest BCUT2D eigenvalue weighted by Crippen LogP contribution is -2.08. The van der Waals surface area contributed by atoms with E-state index in [0.29, 0.717) is 5.82 Å². The minimum atomic E-state index is -3.00. The molecule has 126 valence electrons. The molecule has 0 atom stereocenters. The Morgan fingerprint density at radius 3 is 2.46 bits per heavy atom. The number of nitriles is 1. The molecule has 0 aliphatic carbocycles. The highest BCUT2D eigenvalue weighted by Gasteiger charge is 2.18. The number of aromatic nitrogens is 2. The van der Waals surface area contributed by atoms with E-state index in [-0.39, 0.29) is 27.2 Å². The van der Waals surface area contributed by atoms with Crippen molar-refractivity contribution >= 4 is 35.4 Å². The summed E-state index contributed by atoms with van der Waals surface area (Å²) >= 11 is 12.2. The van der Waals surface area contributed by atoms with Crippen molar-refractivity contribution in [2.24, 2.45) is 4.99 Å². The first-order chi connectivity index (χ1) is 11.3. The maximum atomic E-state index is 12.3. The Bertz CT molecular complexity index is 791. The summed E-state index contributed by atoms with van der Waals surface area (Å²) in [5.74, 6) is 0.112. The average molecular weight is 374 g/mol. The number of halogens is 4. The predicted molar refractivity (Wildman–Crippen MR) is 86.8 cm³/mol. The Labute approximate surface area is 146 Å². The lowest BCUT2D eigenvalue weighted by molar-refractivity contribution is -0.0498. The van der Waals surface area contributed by atoms with Gasteiger partial charge in [-0.2, -0.15) is 19.1 Å². The van der Waals surface area contributed by atoms with Crippen molar-refractivity contribution in [3.8, 4) is 17.5 Å². The maximum Gasteiger partial charge on any atom is 0.387 e. The Hall–Kier alpha value is -2.37. The molecule has 0 N–H and O–H groups in total. The van der Waals surface area contributed by atoms with Gasteiger partial charge < -0.3 is 9.64 Å². The second kappa shape index (κ2) is 7.47. The average Bonchev–Trinajstić information content (AvgIpc) is 2.86. The third-order valence-electron chi connectivity index (χ3n) is 2.65. The molecule has 0 fully saturated rings. The van der Waals surface area contributed by atoms with E-state index in [2.05, 4.69) is 14.8 Å². The van der Waals surface area contributed by atoms with Crippen molar-refractivity contribution < 1.29 is 13.5 Å². The first-order valence-corrected chi connectivity index (χ1v) is 7.22. The van der Waals surface area contributed by atoms with Crippen LogP contribution in [0.2, 0.25) is 10.0 Å². The molecule has 0 aliphatic heterocycles. The summed E-state index contributed by atoms with van der Waals surface area (Å²) in [7, 11) is 3.54. The second-order valence-electron chi connectivity index (χ2n) is 4.73. The van der Waals surface area contributed by atoms with Crippen molar-refractivity contribution in [2.45, 2.75) is 6.61 Å². The van der Waals surface area contributed by atoms with Gasteiger partial charge in [0.1, 0.15) is 17.5 Å². The summed E-state index contributed by atoms with van der Waals surface area (Å²) in [4.78, 5) is 5.87. The minimum Gasteiger partial charge on any atom is -0.435 e. The highest BCUT2D eigenvalue weighted by molar-refractivity contribution is 6.38. The fourth-order valence-electron chi connectivity index (χ4n) is 1.77. The number of aliphatic imine (C=N–C) groups is 1. The molecule has 0 amide bonds. The first kappa shape index (κ1) is 18.0. The molecule has 0 unspecified atom stereocenters. The molecular formula is C14H11Cl2F2N5O. The molecule has 2 rings (SSSR count). The van der Waals surface area contributed by atoms with Crippen LogP contribution in [0.3, 0.4) is 0 Å². The van der Waals surface area contributed by atoms with Gasteiger partial charge in [0.05, 0.1) is 16.4 Å². The molecule has 2 aromatic rings. The minimum absolute atomic E-state index is 0.0204. The maximum absolute atomic E-state index is 12.3. The lowest BCUT2D eigenvalue weighted by Gasteiger charge is -2.12. The zero-order valence-corrected chi connectivity index (χ0v) is 14.1. The van der Waals surface area contributed by atoms with E-state index < -0.39 is 6.61 Å². The van der Waals surface area contributed by atoms with E-state index in [1.54, 1.807) is 19.0 Å². The number of hydrogen-bond acceptors (Lipinski definition) is 4. The van der Waals surface area contributed by atoms with Crippen LogP contribution in [0.4, 0.5) is 14.6 Å². The van der Waals surface area contributed by atoms with E-state index in [0.717, 1.165) is 0 Å². The van der Waals surface area contributed by atoms with E-state index >= 15 is 0 Å². The van der Waals surface area contributed by atoms with Crippen LogP contribution in [0.1, 0.15) is 5.69 Å². The van der Waals surface area contributed by atoms with Crippen LogP contribution in [0, 0.1) is 11.3 Å². The predicted octanol–water partition coefficient (Wildman–Crippen LogP) is 3.87. The van der Waals surface area contributed by atoms with Gasteiger partial charge in [-0.05, 0) is 0 Å². The molecule has 0 radical (unpaired) electrons. The van der Waals surface area contributed by atoms with Crippen molar-refractivity contribution in [3.05, 3.63) is 33.9 Å². The van der Waals surface area contributed by atoms with Crippen molar-refractivity contribution in [1.29, 1.82) is 5.26 Å². The molecule has 0 spiro atoms. The first-order valence-electron chi connectivity index (χ1n) is 6.47. The smallest absolute Gasteiger partial charge is 0.387 e. The fraction of sp³-hybridized carbons (Fsp3) is 0.214. The van der Waals surface area contributed by atoms with Crippen LogP contribution in [0.5, 0.6) is 5.75 Å². The number of rotatable bonds is 5. The van der Waals surface area contributed by atoms with Crippen LogP contribution >= 0.6 is 23.2 Å². The largest absolute Gasteiger partial charge is 0.435 e. The summed E-state index contributed by atoms with van der Waals surface area (Å²) in [6.45, 7) is -3.00. The van der Waals surface area contributed by atoms with Crippen LogP contribution in [-0.2, 0) is 0 Å². The van der Waals surface area contributed by atoms with Gasteiger partial charge >= 0.3 is 6.61 Å². The van der Waals surface area contributed by atoms with Crippen molar-refractivity contribution in [2.75, 3.05) is 14.1 Å². The molecule has 1 aromatic heterocycles. The third kappa shape index (κ3) is 4.13. The van der Waals surface area contributed by atoms with Gasteiger partial charge in [0.25, 0.3) is 0 Å². The Kier molecular flexibility index (Phi) is 5.59. The van der Waals surface area contributed by atoms with Crippen LogP contribution in [0.15, 0.2) is 23.2 Å². The molecule has 10 heteroatoms. The van der Waals surface area contributed by atoms with Gasteiger partial charge in [0.15, 0.2) is 11.5 Å². The summed E-state index contributed by atoms with van der Waals surface area (Å²) < 4.78 is 30.2. The monoisotopic (exact) mass is 373 g/mol. The number of hydrogen-bond donors (Lipinski definition) is 0. The third-order valence-corrected chi connectivity index (χ3v) is 3.23. The zero-order chi connectivity index (χ0) is 17.9. The normalized spacial score (nSPS) is 11.1. The van der Waals surface area contributed by atoms with E-state index in [9.17, 15) is 8.78 Å². The van der Waals surface area contributed by atoms with E-state index in [1.165, 1.54) is 29.2 Å². The van der Waals surface area contributed by atoms with Crippen LogP contribution < -0.4 is 4.74 Å². The molecule has 0 saturated heterocycles. The molecule has 6 nitrogen and oxygen atoms in total. The summed E-state index contributed by atoms with van der Waals surface area (Å²) in [5, 5.41) is 13.1. The van der Waals surface area contributed by atoms with Gasteiger partial charge in [-0.3, -0.25) is 0 Å². The molecule has 0 bridgehead atoms. The number of nitrogens with zero attached hydrogens (tertiary/aromatic N) is 5. The van der Waals surface area contributed by atoms with Gasteiger partial charge in [-0.1, -0.05) is 23.2 Å². The number of alkyl halides is 2. The van der Waals surface area contributed by atoms with E-state index in [4.69, 9.17) is 28.5 Å². The molecule has 24 heavy (non-hydrogen) atoms. The molecular weight excluding hydrogens is 363 g/mol. The molecule has 1 heterocycles. The zero-order valence-electron chi connectivity index (χ0n) is 12.5. The second-order valence-corrected chi connectivity index (χ2v) is 5.55. The highest BCUT2D eigenvalue weighted by atomic mass is 35.5. The van der Waals surface area contributed by atoms with Gasteiger partial charge in [0, 0.05) is 32.3 Å². The van der Waals surface area contributed by atoms with Gasteiger partial charge in [-0.15, -0.1) is 0 Å². The summed E-state index contributed by atoms with van der Waals surface area (Å²) in [5.41, 5.74) is 0.299. The number of benzene rings is 1. The van der Waals surface area contributed by atoms with E-state index in [1.807, 2.05) is 6.07 Å². The Morgan fingerprint density at radius 1 is 1.33 bits per heavy atom. The molecule has 1 aromatic carbocycles. The van der Waals surface area contributed by atoms with Crippen LogP contribution in [-0.4, -0.2) is 41.7 Å². The highest BCUT2D eigenvalue weighted by Crippen LogP contribution is 2.36. The Balaban J connectivity index is 2.55. The van der Waals surface area contributed by atoms with Crippen LogP contribution in [0.25, 0.3) is 5.69 Å². The topological polar surface area (TPSA) is 66.4 Å². The standard InChI is InChI=1S/C14H11Cl2F2N5O/c1-22(2)7-20-12-3-8(6-19)21-23(12)13-10(15)4-9(5-11(13)16)24-14(17)18/h3-5,7,14H,1-2H3/b20-7-. The molecule has 0 aliphatic rings. The van der Waals surface area contributed by atoms with Crippen molar-refractivity contribution in [1.82, 2.24) is 14.7 Å². The lowest BCUT2D eigenvalue weighted by atomic mass is 10.3. The Morgan fingerprint density at radius 2 is 1.96 bits per heavy atom.